The molecule has 2 aliphatic rings. The Bertz CT molecular complexity index is 857. The van der Waals surface area contributed by atoms with Crippen LogP contribution < -0.4 is 10.2 Å². The maximum Gasteiger partial charge on any atom is 0.275 e. The normalized spacial score (nSPS) is 19.4. The highest BCUT2D eigenvalue weighted by Gasteiger charge is 2.25. The molecule has 1 aromatic heterocycles. The predicted molar refractivity (Wildman–Crippen MR) is 127 cm³/mol. The summed E-state index contributed by atoms with van der Waals surface area (Å²) in [7, 11) is 0. The molecule has 1 atom stereocenters. The fraction of sp³-hybridized carbons (Fsp3) is 0.583. The highest BCUT2D eigenvalue weighted by atomic mass is 32.1. The number of para-hydroxylation sites is 2. The van der Waals surface area contributed by atoms with Gasteiger partial charge in [0.05, 0.1) is 29.6 Å². The standard InChI is InChI=1S/C24H34N4O2S/c1-3-18(2)16-27-10-8-19(9-11-27)24-26-21(17-31-24)23(29)25-20-6-4-5-7-22(20)28-12-14-30-15-13-28/h4-7,17-19H,3,8-16H2,1-2H3,(H,25,29). The van der Waals surface area contributed by atoms with Gasteiger partial charge in [0.1, 0.15) is 5.69 Å². The van der Waals surface area contributed by atoms with E-state index in [1.54, 1.807) is 11.3 Å². The van der Waals surface area contributed by atoms with Crippen molar-refractivity contribution < 1.29 is 9.53 Å². The van der Waals surface area contributed by atoms with Crippen LogP contribution in [0.5, 0.6) is 0 Å². The number of hydrogen-bond donors (Lipinski definition) is 1. The van der Waals surface area contributed by atoms with Crippen molar-refractivity contribution >= 4 is 28.6 Å². The number of nitrogens with one attached hydrogen (secondary N) is 1. The number of morpholine rings is 1. The lowest BCUT2D eigenvalue weighted by molar-refractivity contribution is 0.102. The number of hydrogen-bond acceptors (Lipinski definition) is 6. The molecule has 1 N–H and O–H groups in total. The average Bonchev–Trinajstić information content (AvgIpc) is 3.31. The number of carbonyl (C=O) groups excluding carboxylic acids is 1. The zero-order chi connectivity index (χ0) is 21.6. The van der Waals surface area contributed by atoms with Crippen LogP contribution in [0, 0.1) is 5.92 Å². The van der Waals surface area contributed by atoms with Gasteiger partial charge in [-0.25, -0.2) is 4.98 Å². The number of benzene rings is 1. The molecule has 2 aliphatic heterocycles. The molecule has 6 nitrogen and oxygen atoms in total. The third kappa shape index (κ3) is 5.64. The SMILES string of the molecule is CCC(C)CN1CCC(c2nc(C(=O)Nc3ccccc3N3CCOCC3)cs2)CC1. The van der Waals surface area contributed by atoms with Crippen LogP contribution in [-0.4, -0.2) is 61.7 Å². The van der Waals surface area contributed by atoms with E-state index in [4.69, 9.17) is 9.72 Å². The molecule has 4 rings (SSSR count). The zero-order valence-corrected chi connectivity index (χ0v) is 19.5. The van der Waals surface area contributed by atoms with Crippen LogP contribution in [0.15, 0.2) is 29.6 Å². The lowest BCUT2D eigenvalue weighted by atomic mass is 9.96. The van der Waals surface area contributed by atoms with Gasteiger partial charge in [-0.3, -0.25) is 4.79 Å². The average molecular weight is 443 g/mol. The van der Waals surface area contributed by atoms with Gasteiger partial charge in [-0.1, -0.05) is 32.4 Å². The lowest BCUT2D eigenvalue weighted by Crippen LogP contribution is -2.36. The minimum Gasteiger partial charge on any atom is -0.378 e. The summed E-state index contributed by atoms with van der Waals surface area (Å²) in [5, 5.41) is 6.11. The number of ether oxygens (including phenoxy) is 1. The molecule has 2 aromatic rings. The molecule has 1 aromatic carbocycles. The summed E-state index contributed by atoms with van der Waals surface area (Å²) in [6.45, 7) is 11.1. The van der Waals surface area contributed by atoms with E-state index in [9.17, 15) is 4.79 Å². The van der Waals surface area contributed by atoms with Gasteiger partial charge in [-0.2, -0.15) is 0 Å². The summed E-state index contributed by atoms with van der Waals surface area (Å²) < 4.78 is 5.46. The molecule has 7 heteroatoms. The number of likely N-dealkylation sites (tertiary alicyclic amines) is 1. The van der Waals surface area contributed by atoms with Crippen LogP contribution in [0.2, 0.25) is 0 Å². The van der Waals surface area contributed by atoms with Crippen LogP contribution in [0.25, 0.3) is 0 Å². The number of piperidine rings is 1. The molecule has 0 spiro atoms. The summed E-state index contributed by atoms with van der Waals surface area (Å²) in [5.74, 6) is 1.10. The number of aromatic nitrogens is 1. The molecule has 0 aliphatic carbocycles. The van der Waals surface area contributed by atoms with E-state index < -0.39 is 0 Å². The second-order valence-corrected chi connectivity index (χ2v) is 9.62. The van der Waals surface area contributed by atoms with Crippen molar-refractivity contribution in [2.24, 2.45) is 5.92 Å². The Balaban J connectivity index is 1.36. The Labute approximate surface area is 189 Å². The van der Waals surface area contributed by atoms with Gasteiger partial charge in [0.2, 0.25) is 0 Å². The van der Waals surface area contributed by atoms with Gasteiger partial charge in [0.15, 0.2) is 0 Å². The molecule has 2 saturated heterocycles. The maximum absolute atomic E-state index is 12.9. The number of anilines is 2. The number of nitrogens with zero attached hydrogens (tertiary/aromatic N) is 3. The van der Waals surface area contributed by atoms with E-state index in [0.717, 1.165) is 61.3 Å². The van der Waals surface area contributed by atoms with E-state index in [1.807, 2.05) is 23.6 Å². The Hall–Kier alpha value is -1.96. The van der Waals surface area contributed by atoms with Crippen molar-refractivity contribution in [2.75, 3.05) is 56.2 Å². The fourth-order valence-electron chi connectivity index (χ4n) is 4.36. The molecule has 0 radical (unpaired) electrons. The summed E-state index contributed by atoms with van der Waals surface area (Å²) in [6, 6.07) is 7.98. The Morgan fingerprint density at radius 2 is 1.97 bits per heavy atom. The highest BCUT2D eigenvalue weighted by Crippen LogP contribution is 2.31. The topological polar surface area (TPSA) is 57.7 Å². The quantitative estimate of drug-likeness (QED) is 0.686. The molecular formula is C24H34N4O2S. The molecule has 168 valence electrons. The van der Waals surface area contributed by atoms with E-state index in [1.165, 1.54) is 13.0 Å². The van der Waals surface area contributed by atoms with Gasteiger partial charge >= 0.3 is 0 Å². The summed E-state index contributed by atoms with van der Waals surface area (Å²) in [5.41, 5.74) is 2.41. The Morgan fingerprint density at radius 1 is 1.23 bits per heavy atom. The second kappa shape index (κ2) is 10.6. The Kier molecular flexibility index (Phi) is 7.58. The molecule has 0 saturated carbocycles. The monoisotopic (exact) mass is 442 g/mol. The molecule has 1 unspecified atom stereocenters. The number of amides is 1. The summed E-state index contributed by atoms with van der Waals surface area (Å²) in [6.07, 6.45) is 3.50. The number of rotatable bonds is 7. The van der Waals surface area contributed by atoms with Crippen molar-refractivity contribution in [3.63, 3.8) is 0 Å². The van der Waals surface area contributed by atoms with Gasteiger partial charge in [-0.05, 0) is 44.0 Å². The van der Waals surface area contributed by atoms with Gasteiger partial charge in [-0.15, -0.1) is 11.3 Å². The molecular weight excluding hydrogens is 408 g/mol. The van der Waals surface area contributed by atoms with Crippen LogP contribution in [0.4, 0.5) is 11.4 Å². The minimum atomic E-state index is -0.127. The van der Waals surface area contributed by atoms with E-state index >= 15 is 0 Å². The number of carbonyl (C=O) groups is 1. The largest absolute Gasteiger partial charge is 0.378 e. The molecule has 31 heavy (non-hydrogen) atoms. The second-order valence-electron chi connectivity index (χ2n) is 8.73. The van der Waals surface area contributed by atoms with Crippen molar-refractivity contribution in [3.05, 3.63) is 40.3 Å². The molecule has 3 heterocycles. The van der Waals surface area contributed by atoms with E-state index in [-0.39, 0.29) is 5.91 Å². The third-order valence-corrected chi connectivity index (χ3v) is 7.47. The molecule has 0 bridgehead atoms. The first-order chi connectivity index (χ1) is 15.1. The molecule has 2 fully saturated rings. The van der Waals surface area contributed by atoms with Gasteiger partial charge in [0.25, 0.3) is 5.91 Å². The zero-order valence-electron chi connectivity index (χ0n) is 18.7. The fourth-order valence-corrected chi connectivity index (χ4v) is 5.33. The Morgan fingerprint density at radius 3 is 2.71 bits per heavy atom. The van der Waals surface area contributed by atoms with Crippen molar-refractivity contribution in [1.29, 1.82) is 0 Å². The van der Waals surface area contributed by atoms with Crippen LogP contribution in [0.1, 0.15) is 54.5 Å². The summed E-state index contributed by atoms with van der Waals surface area (Å²) in [4.78, 5) is 22.5. The first-order valence-electron chi connectivity index (χ1n) is 11.5. The van der Waals surface area contributed by atoms with Gasteiger partial charge in [0, 0.05) is 30.9 Å². The van der Waals surface area contributed by atoms with Gasteiger partial charge < -0.3 is 19.9 Å². The van der Waals surface area contributed by atoms with Crippen LogP contribution in [-0.2, 0) is 4.74 Å². The maximum atomic E-state index is 12.9. The van der Waals surface area contributed by atoms with Crippen LogP contribution >= 0.6 is 11.3 Å². The smallest absolute Gasteiger partial charge is 0.275 e. The first-order valence-corrected chi connectivity index (χ1v) is 12.4. The summed E-state index contributed by atoms with van der Waals surface area (Å²) >= 11 is 1.63. The lowest BCUT2D eigenvalue weighted by Gasteiger charge is -2.32. The van der Waals surface area contributed by atoms with E-state index in [0.29, 0.717) is 24.8 Å². The van der Waals surface area contributed by atoms with Crippen molar-refractivity contribution in [2.45, 2.75) is 39.0 Å². The molecule has 1 amide bonds. The van der Waals surface area contributed by atoms with Crippen molar-refractivity contribution in [3.8, 4) is 0 Å². The highest BCUT2D eigenvalue weighted by molar-refractivity contribution is 7.10. The van der Waals surface area contributed by atoms with Crippen molar-refractivity contribution in [1.82, 2.24) is 9.88 Å². The van der Waals surface area contributed by atoms with Crippen LogP contribution in [0.3, 0.4) is 0 Å². The first kappa shape index (κ1) is 22.2. The number of thiazole rings is 1. The third-order valence-electron chi connectivity index (χ3n) is 6.46. The minimum absolute atomic E-state index is 0.127. The predicted octanol–water partition coefficient (Wildman–Crippen LogP) is 4.46. The van der Waals surface area contributed by atoms with E-state index in [2.05, 4.69) is 35.0 Å².